The molecule has 0 fully saturated rings. The van der Waals surface area contributed by atoms with Crippen molar-refractivity contribution in [2.45, 2.75) is 44.0 Å². The lowest BCUT2D eigenvalue weighted by Gasteiger charge is -2.21. The molecule has 3 unspecified atom stereocenters. The van der Waals surface area contributed by atoms with Crippen LogP contribution in [0, 0.1) is 0 Å². The summed E-state index contributed by atoms with van der Waals surface area (Å²) in [5, 5.41) is 44.4. The number of aliphatic carboxylic acids is 1. The fraction of sp³-hybridized carbons (Fsp3) is 0.889. The largest absolute Gasteiger partial charge is 0.481 e. The molecule has 0 rings (SSSR count). The van der Waals surface area contributed by atoms with Crippen LogP contribution < -0.4 is 0 Å². The van der Waals surface area contributed by atoms with Gasteiger partial charge in [0.1, 0.15) is 12.2 Å². The van der Waals surface area contributed by atoms with E-state index in [1.54, 1.807) is 0 Å². The van der Waals surface area contributed by atoms with Crippen molar-refractivity contribution in [1.29, 1.82) is 0 Å². The topological polar surface area (TPSA) is 118 Å². The minimum atomic E-state index is -1.39. The number of unbranched alkanes of at least 4 members (excludes halogenated alkanes) is 1. The Kier molecular flexibility index (Phi) is 7.23. The van der Waals surface area contributed by atoms with Crippen molar-refractivity contribution in [2.75, 3.05) is 6.61 Å². The quantitative estimate of drug-likeness (QED) is 0.326. The molecule has 5 N–H and O–H groups in total. The molecule has 6 nitrogen and oxygen atoms in total. The smallest absolute Gasteiger partial charge is 0.303 e. The van der Waals surface area contributed by atoms with E-state index in [1.807, 2.05) is 0 Å². The molecule has 3 atom stereocenters. The molecule has 6 heteroatoms. The molecule has 90 valence electrons. The van der Waals surface area contributed by atoms with Gasteiger partial charge in [0.2, 0.25) is 0 Å². The average Bonchev–Trinajstić information content (AvgIpc) is 2.21. The summed E-state index contributed by atoms with van der Waals surface area (Å²) in [6, 6.07) is 0. The zero-order valence-corrected chi connectivity index (χ0v) is 8.41. The maximum absolute atomic E-state index is 10.1. The second-order valence-electron chi connectivity index (χ2n) is 3.45. The van der Waals surface area contributed by atoms with E-state index in [4.69, 9.17) is 15.3 Å². The third kappa shape index (κ3) is 6.40. The van der Waals surface area contributed by atoms with Gasteiger partial charge in [0, 0.05) is 6.42 Å². The molecule has 0 radical (unpaired) electrons. The first-order valence-corrected chi connectivity index (χ1v) is 4.86. The van der Waals surface area contributed by atoms with Gasteiger partial charge in [-0.05, 0) is 12.8 Å². The summed E-state index contributed by atoms with van der Waals surface area (Å²) in [6.45, 7) is -0.618. The number of hydrogen-bond acceptors (Lipinski definition) is 5. The predicted molar refractivity (Wildman–Crippen MR) is 51.2 cm³/mol. The number of carboxylic acids is 1. The van der Waals surface area contributed by atoms with E-state index in [9.17, 15) is 15.0 Å². The van der Waals surface area contributed by atoms with Gasteiger partial charge in [0.25, 0.3) is 0 Å². The molecule has 0 aromatic heterocycles. The standard InChI is InChI=1S/C9H18O6/c10-5-7(12)9(15)6(11)3-1-2-4-8(13)14/h6-7,9-12,15H,1-5H2,(H,13,14). The highest BCUT2D eigenvalue weighted by molar-refractivity contribution is 5.66. The Morgan fingerprint density at radius 2 is 1.67 bits per heavy atom. The molecule has 0 bridgehead atoms. The fourth-order valence-electron chi connectivity index (χ4n) is 1.16. The Balaban J connectivity index is 3.64. The molecular formula is C9H18O6. The van der Waals surface area contributed by atoms with Gasteiger partial charge in [-0.25, -0.2) is 0 Å². The van der Waals surface area contributed by atoms with Crippen molar-refractivity contribution >= 4 is 5.97 Å². The molecule has 0 saturated heterocycles. The number of hydrogen-bond donors (Lipinski definition) is 5. The number of carbonyl (C=O) groups is 1. The van der Waals surface area contributed by atoms with E-state index in [0.29, 0.717) is 12.8 Å². The lowest BCUT2D eigenvalue weighted by atomic mass is 10.0. The summed E-state index contributed by atoms with van der Waals surface area (Å²) in [6.07, 6.45) is -2.81. The number of rotatable bonds is 8. The second-order valence-corrected chi connectivity index (χ2v) is 3.45. The maximum Gasteiger partial charge on any atom is 0.303 e. The SMILES string of the molecule is O=C(O)CCCCC(O)C(O)C(O)CO. The molecule has 0 heterocycles. The van der Waals surface area contributed by atoms with Crippen LogP contribution in [0.25, 0.3) is 0 Å². The highest BCUT2D eigenvalue weighted by Gasteiger charge is 2.23. The van der Waals surface area contributed by atoms with Crippen LogP contribution in [0.1, 0.15) is 25.7 Å². The van der Waals surface area contributed by atoms with Gasteiger partial charge < -0.3 is 25.5 Å². The molecule has 0 saturated carbocycles. The molecule has 0 amide bonds. The average molecular weight is 222 g/mol. The van der Waals surface area contributed by atoms with Crippen LogP contribution in [0.5, 0.6) is 0 Å². The minimum absolute atomic E-state index is 0.0192. The summed E-state index contributed by atoms with van der Waals surface area (Å²) in [4.78, 5) is 10.1. The van der Waals surface area contributed by atoms with Crippen molar-refractivity contribution in [3.05, 3.63) is 0 Å². The third-order valence-corrected chi connectivity index (χ3v) is 2.12. The molecule has 0 aromatic rings. The maximum atomic E-state index is 10.1. The number of carboxylic acid groups (broad SMARTS) is 1. The van der Waals surface area contributed by atoms with E-state index in [2.05, 4.69) is 0 Å². The Morgan fingerprint density at radius 3 is 2.13 bits per heavy atom. The summed E-state index contributed by atoms with van der Waals surface area (Å²) in [7, 11) is 0. The van der Waals surface area contributed by atoms with Crippen molar-refractivity contribution in [1.82, 2.24) is 0 Å². The molecule has 0 aromatic carbocycles. The zero-order chi connectivity index (χ0) is 11.8. The highest BCUT2D eigenvalue weighted by Crippen LogP contribution is 2.09. The summed E-state index contributed by atoms with van der Waals surface area (Å²) >= 11 is 0. The van der Waals surface area contributed by atoms with Crippen LogP contribution in [0.2, 0.25) is 0 Å². The van der Waals surface area contributed by atoms with E-state index < -0.39 is 30.9 Å². The molecule has 0 aliphatic rings. The van der Waals surface area contributed by atoms with Crippen molar-refractivity contribution in [3.63, 3.8) is 0 Å². The molecule has 0 spiro atoms. The zero-order valence-electron chi connectivity index (χ0n) is 8.41. The second kappa shape index (κ2) is 7.58. The number of aliphatic hydroxyl groups excluding tert-OH is 4. The first-order valence-electron chi connectivity index (χ1n) is 4.86. The van der Waals surface area contributed by atoms with Crippen LogP contribution in [0.3, 0.4) is 0 Å². The third-order valence-electron chi connectivity index (χ3n) is 2.12. The van der Waals surface area contributed by atoms with Crippen molar-refractivity contribution in [3.8, 4) is 0 Å². The first-order chi connectivity index (χ1) is 6.99. The summed E-state index contributed by atoms with van der Waals surface area (Å²) in [5.41, 5.74) is 0. The Hall–Kier alpha value is -0.690. The molecule has 0 aliphatic carbocycles. The first kappa shape index (κ1) is 14.3. The van der Waals surface area contributed by atoms with Crippen LogP contribution in [-0.2, 0) is 4.79 Å². The van der Waals surface area contributed by atoms with Crippen LogP contribution in [0.15, 0.2) is 0 Å². The van der Waals surface area contributed by atoms with Crippen LogP contribution in [-0.4, -0.2) is 56.4 Å². The summed E-state index contributed by atoms with van der Waals surface area (Å²) in [5.74, 6) is -0.902. The van der Waals surface area contributed by atoms with Crippen LogP contribution >= 0.6 is 0 Å². The van der Waals surface area contributed by atoms with E-state index in [-0.39, 0.29) is 12.8 Å². The Labute approximate surface area is 87.8 Å². The van der Waals surface area contributed by atoms with Gasteiger partial charge in [-0.3, -0.25) is 4.79 Å². The monoisotopic (exact) mass is 222 g/mol. The van der Waals surface area contributed by atoms with E-state index in [1.165, 1.54) is 0 Å². The van der Waals surface area contributed by atoms with Gasteiger partial charge in [0.15, 0.2) is 0 Å². The van der Waals surface area contributed by atoms with E-state index >= 15 is 0 Å². The van der Waals surface area contributed by atoms with Crippen LogP contribution in [0.4, 0.5) is 0 Å². The molecule has 15 heavy (non-hydrogen) atoms. The molecule has 0 aliphatic heterocycles. The number of aliphatic hydroxyl groups is 4. The van der Waals surface area contributed by atoms with Gasteiger partial charge in [-0.15, -0.1) is 0 Å². The van der Waals surface area contributed by atoms with Gasteiger partial charge >= 0.3 is 5.97 Å². The Morgan fingerprint density at radius 1 is 1.07 bits per heavy atom. The molecular weight excluding hydrogens is 204 g/mol. The normalized spacial score (nSPS) is 17.1. The van der Waals surface area contributed by atoms with Gasteiger partial charge in [0.05, 0.1) is 12.7 Å². The lowest BCUT2D eigenvalue weighted by molar-refractivity contribution is -0.137. The van der Waals surface area contributed by atoms with Gasteiger partial charge in [-0.2, -0.15) is 0 Å². The highest BCUT2D eigenvalue weighted by atomic mass is 16.4. The van der Waals surface area contributed by atoms with Crippen molar-refractivity contribution < 1.29 is 30.3 Å². The van der Waals surface area contributed by atoms with Crippen molar-refractivity contribution in [2.24, 2.45) is 0 Å². The van der Waals surface area contributed by atoms with Gasteiger partial charge in [-0.1, -0.05) is 6.42 Å². The Bertz CT molecular complexity index is 183. The summed E-state index contributed by atoms with van der Waals surface area (Å²) < 4.78 is 0. The van der Waals surface area contributed by atoms with E-state index in [0.717, 1.165) is 0 Å². The lowest BCUT2D eigenvalue weighted by Crippen LogP contribution is -2.39. The predicted octanol–water partition coefficient (Wildman–Crippen LogP) is -1.29. The fourth-order valence-corrected chi connectivity index (χ4v) is 1.16. The minimum Gasteiger partial charge on any atom is -0.481 e.